The van der Waals surface area contributed by atoms with E-state index in [9.17, 15) is 4.21 Å². The Balaban J connectivity index is 2.00. The average molecular weight is 303 g/mol. The van der Waals surface area contributed by atoms with Crippen LogP contribution in [0, 0.1) is 0 Å². The number of ether oxygens (including phenoxy) is 1. The Morgan fingerprint density at radius 1 is 1.00 bits per heavy atom. The standard InChI is InChI=1S/C17H21NO2S/c1-13(12-14(2)21(18)19)15-8-10-17(11-9-15)20-16-6-4-3-5-7-16/h3-11,13-14H,12,18H2,1-2H3/t13-,14?,21?/m0/s1. The van der Waals surface area contributed by atoms with Gasteiger partial charge < -0.3 is 4.74 Å². The van der Waals surface area contributed by atoms with Gasteiger partial charge in [-0.05, 0) is 49.1 Å². The van der Waals surface area contributed by atoms with Gasteiger partial charge in [0, 0.05) is 5.25 Å². The lowest BCUT2D eigenvalue weighted by atomic mass is 9.96. The van der Waals surface area contributed by atoms with Gasteiger partial charge in [0.05, 0.1) is 11.0 Å². The van der Waals surface area contributed by atoms with Gasteiger partial charge in [-0.1, -0.05) is 37.3 Å². The van der Waals surface area contributed by atoms with E-state index in [2.05, 4.69) is 19.1 Å². The van der Waals surface area contributed by atoms with Crippen molar-refractivity contribution in [1.82, 2.24) is 0 Å². The largest absolute Gasteiger partial charge is 0.457 e. The van der Waals surface area contributed by atoms with Crippen LogP contribution in [-0.2, 0) is 11.0 Å². The van der Waals surface area contributed by atoms with Crippen LogP contribution in [0.5, 0.6) is 11.5 Å². The lowest BCUT2D eigenvalue weighted by molar-refractivity contribution is 0.482. The van der Waals surface area contributed by atoms with Crippen LogP contribution in [0.2, 0.25) is 0 Å². The van der Waals surface area contributed by atoms with Crippen LogP contribution in [0.4, 0.5) is 0 Å². The van der Waals surface area contributed by atoms with Crippen LogP contribution >= 0.6 is 0 Å². The van der Waals surface area contributed by atoms with Gasteiger partial charge in [-0.15, -0.1) is 0 Å². The number of hydrogen-bond donors (Lipinski definition) is 1. The summed E-state index contributed by atoms with van der Waals surface area (Å²) in [6.45, 7) is 4.04. The topological polar surface area (TPSA) is 52.3 Å². The molecule has 2 N–H and O–H groups in total. The van der Waals surface area contributed by atoms with Crippen molar-refractivity contribution in [3.8, 4) is 11.5 Å². The van der Waals surface area contributed by atoms with Gasteiger partial charge in [0.25, 0.3) is 0 Å². The van der Waals surface area contributed by atoms with Crippen LogP contribution in [0.25, 0.3) is 0 Å². The molecule has 0 heterocycles. The third kappa shape index (κ3) is 4.69. The van der Waals surface area contributed by atoms with Crippen molar-refractivity contribution < 1.29 is 8.95 Å². The normalized spacial score (nSPS) is 15.2. The van der Waals surface area contributed by atoms with Crippen molar-refractivity contribution in [3.05, 3.63) is 60.2 Å². The van der Waals surface area contributed by atoms with Crippen molar-refractivity contribution in [2.24, 2.45) is 5.14 Å². The summed E-state index contributed by atoms with van der Waals surface area (Å²) in [4.78, 5) is 0. The molecule has 0 aliphatic rings. The minimum Gasteiger partial charge on any atom is -0.457 e. The van der Waals surface area contributed by atoms with Gasteiger partial charge in [0.2, 0.25) is 0 Å². The number of rotatable bonds is 6. The predicted octanol–water partition coefficient (Wildman–Crippen LogP) is 3.98. The van der Waals surface area contributed by atoms with Crippen LogP contribution in [0.15, 0.2) is 54.6 Å². The van der Waals surface area contributed by atoms with Gasteiger partial charge in [0.15, 0.2) is 0 Å². The summed E-state index contributed by atoms with van der Waals surface area (Å²) in [5.74, 6) is 1.95. The molecule has 112 valence electrons. The molecule has 0 aliphatic carbocycles. The SMILES string of the molecule is CC(C[C@H](C)c1ccc(Oc2ccccc2)cc1)S(N)=O. The Hall–Kier alpha value is -1.65. The van der Waals surface area contributed by atoms with Gasteiger partial charge >= 0.3 is 0 Å². The molecular weight excluding hydrogens is 282 g/mol. The van der Waals surface area contributed by atoms with E-state index in [1.54, 1.807) is 0 Å². The smallest absolute Gasteiger partial charge is 0.127 e. The Morgan fingerprint density at radius 2 is 1.57 bits per heavy atom. The summed E-state index contributed by atoms with van der Waals surface area (Å²) in [5.41, 5.74) is 1.20. The Bertz CT molecular complexity index is 583. The molecular formula is C17H21NO2S. The average Bonchev–Trinajstić information content (AvgIpc) is 2.48. The Kier molecular flexibility index (Phi) is 5.53. The molecule has 2 aromatic rings. The quantitative estimate of drug-likeness (QED) is 0.877. The molecule has 0 saturated heterocycles. The summed E-state index contributed by atoms with van der Waals surface area (Å²) in [7, 11) is -1.26. The van der Waals surface area contributed by atoms with Crippen LogP contribution in [0.3, 0.4) is 0 Å². The van der Waals surface area contributed by atoms with E-state index in [-0.39, 0.29) is 5.25 Å². The number of nitrogens with two attached hydrogens (primary N) is 1. The van der Waals surface area contributed by atoms with Gasteiger partial charge in [-0.2, -0.15) is 0 Å². The van der Waals surface area contributed by atoms with E-state index >= 15 is 0 Å². The first-order chi connectivity index (χ1) is 10.1. The monoisotopic (exact) mass is 303 g/mol. The summed E-state index contributed by atoms with van der Waals surface area (Å²) >= 11 is 0. The third-order valence-corrected chi connectivity index (χ3v) is 4.50. The van der Waals surface area contributed by atoms with Crippen molar-refractivity contribution >= 4 is 11.0 Å². The number of para-hydroxylation sites is 1. The highest BCUT2D eigenvalue weighted by Crippen LogP contribution is 2.26. The second kappa shape index (κ2) is 7.38. The fourth-order valence-corrected chi connectivity index (χ4v) is 2.70. The minimum atomic E-state index is -1.26. The molecule has 0 spiro atoms. The molecule has 2 unspecified atom stereocenters. The highest BCUT2D eigenvalue weighted by Gasteiger charge is 2.14. The number of hydrogen-bond acceptors (Lipinski definition) is 2. The van der Waals surface area contributed by atoms with Gasteiger partial charge in [0.1, 0.15) is 11.5 Å². The van der Waals surface area contributed by atoms with Crippen molar-refractivity contribution in [2.45, 2.75) is 31.4 Å². The zero-order valence-corrected chi connectivity index (χ0v) is 13.2. The zero-order chi connectivity index (χ0) is 15.2. The maximum Gasteiger partial charge on any atom is 0.127 e. The molecule has 21 heavy (non-hydrogen) atoms. The molecule has 4 heteroatoms. The first kappa shape index (κ1) is 15.7. The minimum absolute atomic E-state index is 0.000227. The van der Waals surface area contributed by atoms with E-state index in [0.29, 0.717) is 5.92 Å². The molecule has 0 amide bonds. The molecule has 0 saturated carbocycles. The summed E-state index contributed by atoms with van der Waals surface area (Å²) in [6.07, 6.45) is 0.808. The molecule has 2 rings (SSSR count). The van der Waals surface area contributed by atoms with E-state index in [0.717, 1.165) is 17.9 Å². The first-order valence-electron chi connectivity index (χ1n) is 7.04. The Morgan fingerprint density at radius 3 is 2.14 bits per heavy atom. The predicted molar refractivity (Wildman–Crippen MR) is 87.8 cm³/mol. The van der Waals surface area contributed by atoms with Crippen molar-refractivity contribution in [2.75, 3.05) is 0 Å². The van der Waals surface area contributed by atoms with Gasteiger partial charge in [-0.3, -0.25) is 5.14 Å². The van der Waals surface area contributed by atoms with E-state index < -0.39 is 11.0 Å². The molecule has 0 aromatic heterocycles. The maximum atomic E-state index is 11.2. The van der Waals surface area contributed by atoms with Crippen LogP contribution in [0.1, 0.15) is 31.7 Å². The van der Waals surface area contributed by atoms with Crippen LogP contribution < -0.4 is 9.88 Å². The molecule has 2 aromatic carbocycles. The van der Waals surface area contributed by atoms with E-state index in [4.69, 9.17) is 9.88 Å². The summed E-state index contributed by atoms with van der Waals surface area (Å²) in [5, 5.41) is 5.42. The maximum absolute atomic E-state index is 11.2. The molecule has 0 aliphatic heterocycles. The summed E-state index contributed by atoms with van der Waals surface area (Å²) in [6, 6.07) is 17.7. The lowest BCUT2D eigenvalue weighted by Gasteiger charge is -2.16. The lowest BCUT2D eigenvalue weighted by Crippen LogP contribution is -2.20. The molecule has 0 radical (unpaired) electrons. The second-order valence-corrected chi connectivity index (χ2v) is 6.72. The van der Waals surface area contributed by atoms with Crippen molar-refractivity contribution in [1.29, 1.82) is 0 Å². The Labute approximate surface area is 128 Å². The van der Waals surface area contributed by atoms with E-state index in [1.165, 1.54) is 5.56 Å². The highest BCUT2D eigenvalue weighted by molar-refractivity contribution is 7.83. The highest BCUT2D eigenvalue weighted by atomic mass is 32.2. The van der Waals surface area contributed by atoms with Gasteiger partial charge in [-0.25, -0.2) is 4.21 Å². The summed E-state index contributed by atoms with van der Waals surface area (Å²) < 4.78 is 17.0. The fourth-order valence-electron chi connectivity index (χ4n) is 2.22. The van der Waals surface area contributed by atoms with Crippen LogP contribution in [-0.4, -0.2) is 9.46 Å². The van der Waals surface area contributed by atoms with Crippen molar-refractivity contribution in [3.63, 3.8) is 0 Å². The fraction of sp³-hybridized carbons (Fsp3) is 0.294. The molecule has 0 bridgehead atoms. The number of benzene rings is 2. The molecule has 3 atom stereocenters. The zero-order valence-electron chi connectivity index (χ0n) is 12.4. The molecule has 3 nitrogen and oxygen atoms in total. The van der Waals surface area contributed by atoms with E-state index in [1.807, 2.05) is 49.4 Å². The second-order valence-electron chi connectivity index (χ2n) is 5.26. The molecule has 0 fully saturated rings. The first-order valence-corrected chi connectivity index (χ1v) is 8.31. The third-order valence-electron chi connectivity index (χ3n) is 3.51.